The molecule has 110 valence electrons. The van der Waals surface area contributed by atoms with Gasteiger partial charge in [0.05, 0.1) is 5.02 Å². The number of ether oxygens (including phenoxy) is 1. The third-order valence-electron chi connectivity index (χ3n) is 3.46. The van der Waals surface area contributed by atoms with Crippen molar-refractivity contribution in [2.45, 2.75) is 25.3 Å². The lowest BCUT2D eigenvalue weighted by Gasteiger charge is -2.34. The highest BCUT2D eigenvalue weighted by Crippen LogP contribution is 2.27. The van der Waals surface area contributed by atoms with E-state index in [0.29, 0.717) is 22.3 Å². The second kappa shape index (κ2) is 7.16. The molecule has 1 aliphatic rings. The highest BCUT2D eigenvalue weighted by Gasteiger charge is 2.25. The summed E-state index contributed by atoms with van der Waals surface area (Å²) >= 11 is 11.9. The minimum Gasteiger partial charge on any atom is -0.482 e. The van der Waals surface area contributed by atoms with Gasteiger partial charge in [0, 0.05) is 30.2 Å². The van der Waals surface area contributed by atoms with Crippen molar-refractivity contribution in [3.63, 3.8) is 0 Å². The number of piperidine rings is 1. The monoisotopic (exact) mass is 316 g/mol. The predicted octanol–water partition coefficient (Wildman–Crippen LogP) is 2.71. The average molecular weight is 317 g/mol. The molecule has 0 spiro atoms. The van der Waals surface area contributed by atoms with Crippen molar-refractivity contribution in [2.24, 2.45) is 5.73 Å². The quantitative estimate of drug-likeness (QED) is 0.929. The molecule has 1 saturated heterocycles. The second-order valence-corrected chi connectivity index (χ2v) is 5.68. The zero-order valence-corrected chi connectivity index (χ0v) is 12.7. The van der Waals surface area contributed by atoms with Crippen LogP contribution in [-0.2, 0) is 4.79 Å². The van der Waals surface area contributed by atoms with E-state index in [-0.39, 0.29) is 18.6 Å². The largest absolute Gasteiger partial charge is 0.482 e. The molecule has 0 aromatic heterocycles. The molecule has 0 aliphatic carbocycles. The molecule has 0 saturated carbocycles. The van der Waals surface area contributed by atoms with Crippen molar-refractivity contribution >= 4 is 29.1 Å². The number of halogens is 2. The van der Waals surface area contributed by atoms with Crippen molar-refractivity contribution in [3.8, 4) is 5.75 Å². The molecule has 1 aromatic rings. The van der Waals surface area contributed by atoms with Gasteiger partial charge in [0.15, 0.2) is 6.61 Å². The van der Waals surface area contributed by atoms with Crippen LogP contribution in [0.3, 0.4) is 0 Å². The van der Waals surface area contributed by atoms with Crippen molar-refractivity contribution in [1.29, 1.82) is 0 Å². The topological polar surface area (TPSA) is 55.6 Å². The van der Waals surface area contributed by atoms with Gasteiger partial charge in [-0.05, 0) is 31.4 Å². The number of likely N-dealkylation sites (tertiary alicyclic amines) is 1. The number of nitrogens with two attached hydrogens (primary N) is 1. The van der Waals surface area contributed by atoms with Gasteiger partial charge < -0.3 is 15.4 Å². The Kier molecular flexibility index (Phi) is 5.52. The minimum atomic E-state index is -0.0591. The van der Waals surface area contributed by atoms with Gasteiger partial charge >= 0.3 is 0 Å². The van der Waals surface area contributed by atoms with Crippen LogP contribution in [-0.4, -0.2) is 36.5 Å². The Morgan fingerprint density at radius 1 is 1.40 bits per heavy atom. The van der Waals surface area contributed by atoms with E-state index in [0.717, 1.165) is 25.8 Å². The minimum absolute atomic E-state index is 0.0451. The van der Waals surface area contributed by atoms with E-state index in [4.69, 9.17) is 33.7 Å². The highest BCUT2D eigenvalue weighted by atomic mass is 35.5. The first-order valence-corrected chi connectivity index (χ1v) is 7.45. The third kappa shape index (κ3) is 3.78. The summed E-state index contributed by atoms with van der Waals surface area (Å²) in [5.41, 5.74) is 5.71. The fourth-order valence-corrected chi connectivity index (χ4v) is 2.72. The Bertz CT molecular complexity index is 482. The summed E-state index contributed by atoms with van der Waals surface area (Å²) in [5.74, 6) is 0.366. The molecular formula is C14H18Cl2N2O2. The molecule has 1 aliphatic heterocycles. The summed E-state index contributed by atoms with van der Waals surface area (Å²) in [5, 5.41) is 0.964. The fraction of sp³-hybridized carbons (Fsp3) is 0.500. The summed E-state index contributed by atoms with van der Waals surface area (Å²) in [4.78, 5) is 14.0. The van der Waals surface area contributed by atoms with Crippen LogP contribution in [0.2, 0.25) is 10.0 Å². The molecule has 1 unspecified atom stereocenters. The van der Waals surface area contributed by atoms with Gasteiger partial charge in [0.1, 0.15) is 5.75 Å². The number of rotatable bonds is 4. The summed E-state index contributed by atoms with van der Waals surface area (Å²) in [6.07, 6.45) is 3.09. The molecule has 1 aromatic carbocycles. The Labute approximate surface area is 128 Å². The Morgan fingerprint density at radius 3 is 2.95 bits per heavy atom. The van der Waals surface area contributed by atoms with E-state index in [1.54, 1.807) is 18.2 Å². The van der Waals surface area contributed by atoms with Gasteiger partial charge in [-0.1, -0.05) is 23.2 Å². The predicted molar refractivity (Wildman–Crippen MR) is 80.4 cm³/mol. The van der Waals surface area contributed by atoms with Crippen molar-refractivity contribution in [1.82, 2.24) is 4.90 Å². The van der Waals surface area contributed by atoms with E-state index in [1.807, 2.05) is 4.90 Å². The Balaban J connectivity index is 1.95. The van der Waals surface area contributed by atoms with Crippen LogP contribution >= 0.6 is 23.2 Å². The molecule has 0 bridgehead atoms. The molecule has 1 amide bonds. The standard InChI is InChI=1S/C14H18Cl2N2O2/c15-10-4-5-12(16)13(7-10)20-9-14(19)18-6-2-1-3-11(18)8-17/h4-5,7,11H,1-3,6,8-9,17H2. The molecule has 2 N–H and O–H groups in total. The van der Waals surface area contributed by atoms with Gasteiger partial charge in [0.25, 0.3) is 5.91 Å². The Hall–Kier alpha value is -0.970. The molecule has 4 nitrogen and oxygen atoms in total. The molecule has 0 radical (unpaired) electrons. The zero-order chi connectivity index (χ0) is 14.5. The third-order valence-corrected chi connectivity index (χ3v) is 4.01. The molecule has 1 fully saturated rings. The SMILES string of the molecule is NCC1CCCCN1C(=O)COc1cc(Cl)ccc1Cl. The van der Waals surface area contributed by atoms with Crippen molar-refractivity contribution in [2.75, 3.05) is 19.7 Å². The zero-order valence-electron chi connectivity index (χ0n) is 11.1. The molecule has 20 heavy (non-hydrogen) atoms. The number of benzene rings is 1. The van der Waals surface area contributed by atoms with Crippen LogP contribution in [0.4, 0.5) is 0 Å². The summed E-state index contributed by atoms with van der Waals surface area (Å²) in [6.45, 7) is 1.19. The van der Waals surface area contributed by atoms with Crippen molar-refractivity contribution < 1.29 is 9.53 Å². The van der Waals surface area contributed by atoms with Crippen LogP contribution in [0.5, 0.6) is 5.75 Å². The lowest BCUT2D eigenvalue weighted by Crippen LogP contribution is -2.49. The number of hydrogen-bond acceptors (Lipinski definition) is 3. The first-order valence-electron chi connectivity index (χ1n) is 6.69. The number of nitrogens with zero attached hydrogens (tertiary/aromatic N) is 1. The van der Waals surface area contributed by atoms with Crippen molar-refractivity contribution in [3.05, 3.63) is 28.2 Å². The molecule has 2 rings (SSSR count). The smallest absolute Gasteiger partial charge is 0.260 e. The maximum atomic E-state index is 12.2. The van der Waals surface area contributed by atoms with Crippen LogP contribution in [0.25, 0.3) is 0 Å². The van der Waals surface area contributed by atoms with Gasteiger partial charge in [0.2, 0.25) is 0 Å². The van der Waals surface area contributed by atoms with Gasteiger partial charge in [-0.3, -0.25) is 4.79 Å². The number of carbonyl (C=O) groups is 1. The average Bonchev–Trinajstić information content (AvgIpc) is 2.47. The number of carbonyl (C=O) groups excluding carboxylic acids is 1. The van der Waals surface area contributed by atoms with E-state index in [1.165, 1.54) is 0 Å². The van der Waals surface area contributed by atoms with E-state index < -0.39 is 0 Å². The van der Waals surface area contributed by atoms with E-state index in [2.05, 4.69) is 0 Å². The summed E-state index contributed by atoms with van der Waals surface area (Å²) in [6, 6.07) is 5.05. The van der Waals surface area contributed by atoms with Crippen LogP contribution in [0, 0.1) is 0 Å². The second-order valence-electron chi connectivity index (χ2n) is 4.84. The van der Waals surface area contributed by atoms with Crippen LogP contribution in [0.1, 0.15) is 19.3 Å². The first-order chi connectivity index (χ1) is 9.61. The Morgan fingerprint density at radius 2 is 2.20 bits per heavy atom. The highest BCUT2D eigenvalue weighted by molar-refractivity contribution is 6.34. The summed E-state index contributed by atoms with van der Waals surface area (Å²) in [7, 11) is 0. The van der Waals surface area contributed by atoms with Gasteiger partial charge in [-0.25, -0.2) is 0 Å². The van der Waals surface area contributed by atoms with Crippen LogP contribution in [0.15, 0.2) is 18.2 Å². The molecule has 6 heteroatoms. The normalized spacial score (nSPS) is 18.9. The number of hydrogen-bond donors (Lipinski definition) is 1. The maximum Gasteiger partial charge on any atom is 0.260 e. The van der Waals surface area contributed by atoms with Crippen LogP contribution < -0.4 is 10.5 Å². The molecule has 1 heterocycles. The van der Waals surface area contributed by atoms with E-state index in [9.17, 15) is 4.79 Å². The lowest BCUT2D eigenvalue weighted by atomic mass is 10.0. The maximum absolute atomic E-state index is 12.2. The molecule has 1 atom stereocenters. The molecular weight excluding hydrogens is 299 g/mol. The van der Waals surface area contributed by atoms with Gasteiger partial charge in [-0.15, -0.1) is 0 Å². The summed E-state index contributed by atoms with van der Waals surface area (Å²) < 4.78 is 5.48. The van der Waals surface area contributed by atoms with Gasteiger partial charge in [-0.2, -0.15) is 0 Å². The number of amides is 1. The van der Waals surface area contributed by atoms with E-state index >= 15 is 0 Å². The lowest BCUT2D eigenvalue weighted by molar-refractivity contribution is -0.136. The fourth-order valence-electron chi connectivity index (χ4n) is 2.38. The first kappa shape index (κ1) is 15.4.